The van der Waals surface area contributed by atoms with E-state index in [0.29, 0.717) is 6.10 Å². The van der Waals surface area contributed by atoms with E-state index in [1.165, 1.54) is 22.6 Å². The Morgan fingerprint density at radius 2 is 2.04 bits per heavy atom. The van der Waals surface area contributed by atoms with E-state index < -0.39 is 0 Å². The number of nitrogens with one attached hydrogen (secondary N) is 1. The zero-order valence-corrected chi connectivity index (χ0v) is 17.2. The zero-order valence-electron chi connectivity index (χ0n) is 14.1. The number of halogens is 1. The van der Waals surface area contributed by atoms with Crippen LogP contribution in [0.3, 0.4) is 0 Å². The molecule has 23 heavy (non-hydrogen) atoms. The van der Waals surface area contributed by atoms with Crippen molar-refractivity contribution in [3.63, 3.8) is 0 Å². The predicted molar refractivity (Wildman–Crippen MR) is 108 cm³/mol. The van der Waals surface area contributed by atoms with Crippen LogP contribution < -0.4 is 5.32 Å². The number of thiophene rings is 1. The van der Waals surface area contributed by atoms with Gasteiger partial charge in [-0.15, -0.1) is 35.3 Å². The summed E-state index contributed by atoms with van der Waals surface area (Å²) in [5.74, 6) is 1.88. The quantitative estimate of drug-likeness (QED) is 0.424. The molecule has 2 aliphatic rings. The van der Waals surface area contributed by atoms with Gasteiger partial charge in [-0.3, -0.25) is 4.99 Å². The number of rotatable bonds is 5. The molecule has 2 fully saturated rings. The van der Waals surface area contributed by atoms with Crippen molar-refractivity contribution in [2.24, 2.45) is 10.9 Å². The van der Waals surface area contributed by atoms with Crippen molar-refractivity contribution >= 4 is 41.3 Å². The van der Waals surface area contributed by atoms with Gasteiger partial charge in [0.15, 0.2) is 5.96 Å². The van der Waals surface area contributed by atoms with Crippen molar-refractivity contribution in [3.8, 4) is 0 Å². The van der Waals surface area contributed by atoms with Gasteiger partial charge in [0.2, 0.25) is 0 Å². The molecule has 1 aromatic rings. The summed E-state index contributed by atoms with van der Waals surface area (Å²) in [5, 5.41) is 3.49. The minimum atomic E-state index is 0. The highest BCUT2D eigenvalue weighted by atomic mass is 127. The number of guanidine groups is 1. The van der Waals surface area contributed by atoms with E-state index in [0.717, 1.165) is 51.0 Å². The third kappa shape index (κ3) is 5.90. The van der Waals surface area contributed by atoms with Crippen molar-refractivity contribution in [2.45, 2.75) is 45.3 Å². The highest BCUT2D eigenvalue weighted by Gasteiger charge is 2.26. The predicted octanol–water partition coefficient (Wildman–Crippen LogP) is 3.64. The molecule has 3 rings (SSSR count). The van der Waals surface area contributed by atoms with E-state index in [-0.39, 0.29) is 24.0 Å². The minimum absolute atomic E-state index is 0. The molecule has 0 bridgehead atoms. The second-order valence-corrected chi connectivity index (χ2v) is 7.75. The van der Waals surface area contributed by atoms with Crippen molar-refractivity contribution < 1.29 is 4.74 Å². The molecule has 1 aliphatic carbocycles. The van der Waals surface area contributed by atoms with Crippen LogP contribution in [0.25, 0.3) is 0 Å². The fourth-order valence-corrected chi connectivity index (χ4v) is 3.70. The molecule has 0 spiro atoms. The largest absolute Gasteiger partial charge is 0.378 e. The summed E-state index contributed by atoms with van der Waals surface area (Å²) >= 11 is 1.85. The van der Waals surface area contributed by atoms with E-state index in [1.54, 1.807) is 0 Å². The Hall–Kier alpha value is -0.340. The number of likely N-dealkylation sites (tertiary alicyclic amines) is 1. The van der Waals surface area contributed by atoms with Crippen molar-refractivity contribution in [2.75, 3.05) is 26.7 Å². The number of nitrogens with zero attached hydrogens (tertiary/aromatic N) is 2. The number of aliphatic imine (C=N–C) groups is 1. The highest BCUT2D eigenvalue weighted by molar-refractivity contribution is 14.0. The normalized spacial score (nSPS) is 19.6. The molecular formula is C17H28IN3OS. The number of hydrogen-bond donors (Lipinski definition) is 1. The molecule has 2 heterocycles. The standard InChI is InChI=1S/C17H27N3OS.HI/c1-13-3-6-16(22-13)11-19-17(18-2)20-9-7-15(8-10-20)21-12-14-4-5-14;/h3,6,14-15H,4-5,7-12H2,1-2H3,(H,18,19);1H. The molecule has 0 radical (unpaired) electrons. The van der Waals surface area contributed by atoms with E-state index >= 15 is 0 Å². The monoisotopic (exact) mass is 449 g/mol. The lowest BCUT2D eigenvalue weighted by molar-refractivity contribution is 0.0131. The Morgan fingerprint density at radius 3 is 2.61 bits per heavy atom. The fraction of sp³-hybridized carbons (Fsp3) is 0.706. The van der Waals surface area contributed by atoms with Crippen LogP contribution in [0, 0.1) is 12.8 Å². The summed E-state index contributed by atoms with van der Waals surface area (Å²) < 4.78 is 6.02. The molecule has 1 N–H and O–H groups in total. The minimum Gasteiger partial charge on any atom is -0.378 e. The van der Waals surface area contributed by atoms with Gasteiger partial charge >= 0.3 is 0 Å². The summed E-state index contributed by atoms with van der Waals surface area (Å²) in [6.45, 7) is 6.07. The zero-order chi connectivity index (χ0) is 15.4. The Labute approximate surface area is 160 Å². The van der Waals surface area contributed by atoms with Crippen LogP contribution in [0.2, 0.25) is 0 Å². The van der Waals surface area contributed by atoms with Crippen LogP contribution in [-0.4, -0.2) is 43.7 Å². The molecule has 4 nitrogen and oxygen atoms in total. The topological polar surface area (TPSA) is 36.9 Å². The van der Waals surface area contributed by atoms with Gasteiger partial charge in [0.05, 0.1) is 12.6 Å². The van der Waals surface area contributed by atoms with Gasteiger partial charge in [-0.2, -0.15) is 0 Å². The molecule has 0 aromatic carbocycles. The Morgan fingerprint density at radius 1 is 1.30 bits per heavy atom. The van der Waals surface area contributed by atoms with Crippen LogP contribution in [0.1, 0.15) is 35.4 Å². The summed E-state index contributed by atoms with van der Waals surface area (Å²) in [7, 11) is 1.87. The summed E-state index contributed by atoms with van der Waals surface area (Å²) in [5.41, 5.74) is 0. The van der Waals surface area contributed by atoms with Crippen molar-refractivity contribution in [1.29, 1.82) is 0 Å². The van der Waals surface area contributed by atoms with Crippen LogP contribution in [0.15, 0.2) is 17.1 Å². The first kappa shape index (κ1) is 19.0. The van der Waals surface area contributed by atoms with Crippen LogP contribution in [0.4, 0.5) is 0 Å². The number of aryl methyl sites for hydroxylation is 1. The third-order valence-electron chi connectivity index (χ3n) is 4.43. The molecule has 6 heteroatoms. The van der Waals surface area contributed by atoms with Gasteiger partial charge < -0.3 is 15.0 Å². The van der Waals surface area contributed by atoms with Gasteiger partial charge in [-0.1, -0.05) is 0 Å². The maximum atomic E-state index is 6.02. The summed E-state index contributed by atoms with van der Waals surface area (Å²) in [4.78, 5) is 9.52. The summed E-state index contributed by atoms with van der Waals surface area (Å²) in [6, 6.07) is 4.37. The molecule has 1 saturated heterocycles. The van der Waals surface area contributed by atoms with Crippen molar-refractivity contribution in [3.05, 3.63) is 21.9 Å². The van der Waals surface area contributed by atoms with E-state index in [9.17, 15) is 0 Å². The molecule has 1 aliphatic heterocycles. The van der Waals surface area contributed by atoms with Gasteiger partial charge in [-0.25, -0.2) is 0 Å². The number of hydrogen-bond acceptors (Lipinski definition) is 3. The van der Waals surface area contributed by atoms with Gasteiger partial charge in [-0.05, 0) is 50.7 Å². The lowest BCUT2D eigenvalue weighted by Gasteiger charge is -2.34. The van der Waals surface area contributed by atoms with Crippen molar-refractivity contribution in [1.82, 2.24) is 10.2 Å². The van der Waals surface area contributed by atoms with Crippen LogP contribution >= 0.6 is 35.3 Å². The van der Waals surface area contributed by atoms with E-state index in [2.05, 4.69) is 34.3 Å². The summed E-state index contributed by atoms with van der Waals surface area (Å²) in [6.07, 6.45) is 5.43. The molecular weight excluding hydrogens is 421 g/mol. The first-order valence-electron chi connectivity index (χ1n) is 8.37. The first-order chi connectivity index (χ1) is 10.7. The second-order valence-electron chi connectivity index (χ2n) is 6.38. The highest BCUT2D eigenvalue weighted by Crippen LogP contribution is 2.30. The number of piperidine rings is 1. The van der Waals surface area contributed by atoms with Gasteiger partial charge in [0.25, 0.3) is 0 Å². The first-order valence-corrected chi connectivity index (χ1v) is 9.19. The molecule has 0 atom stereocenters. The van der Waals surface area contributed by atoms with Gasteiger partial charge in [0, 0.05) is 36.5 Å². The molecule has 0 amide bonds. The molecule has 130 valence electrons. The second kappa shape index (κ2) is 9.22. The smallest absolute Gasteiger partial charge is 0.193 e. The van der Waals surface area contributed by atoms with Crippen LogP contribution in [0.5, 0.6) is 0 Å². The molecule has 0 unspecified atom stereocenters. The molecule has 1 aromatic heterocycles. The average Bonchev–Trinajstić information content (AvgIpc) is 3.28. The maximum Gasteiger partial charge on any atom is 0.193 e. The Balaban J connectivity index is 0.00000192. The lowest BCUT2D eigenvalue weighted by atomic mass is 10.1. The molecule has 1 saturated carbocycles. The fourth-order valence-electron chi connectivity index (χ4n) is 2.87. The Bertz CT molecular complexity index is 508. The Kier molecular flexibility index (Phi) is 7.62. The lowest BCUT2D eigenvalue weighted by Crippen LogP contribution is -2.46. The average molecular weight is 449 g/mol. The van der Waals surface area contributed by atoms with Crippen LogP contribution in [-0.2, 0) is 11.3 Å². The maximum absolute atomic E-state index is 6.02. The third-order valence-corrected chi connectivity index (χ3v) is 5.44. The van der Waals surface area contributed by atoms with E-state index in [4.69, 9.17) is 4.74 Å². The SMILES string of the molecule is CN=C(NCc1ccc(C)s1)N1CCC(OCC2CC2)CC1.I. The van der Waals surface area contributed by atoms with Gasteiger partial charge in [0.1, 0.15) is 0 Å². The van der Waals surface area contributed by atoms with E-state index in [1.807, 2.05) is 18.4 Å². The number of ether oxygens (including phenoxy) is 1.